The van der Waals surface area contributed by atoms with E-state index in [0.717, 1.165) is 24.5 Å². The Labute approximate surface area is 95.9 Å². The average Bonchev–Trinajstić information content (AvgIpc) is 2.59. The molecule has 3 N–H and O–H groups in total. The third-order valence-corrected chi connectivity index (χ3v) is 2.62. The third-order valence-electron chi connectivity index (χ3n) is 2.41. The monoisotopic (exact) mass is 230 g/mol. The van der Waals surface area contributed by atoms with Gasteiger partial charge in [-0.25, -0.2) is 5.43 Å². The predicted molar refractivity (Wildman–Crippen MR) is 62.5 cm³/mol. The average molecular weight is 231 g/mol. The van der Waals surface area contributed by atoms with E-state index in [0.29, 0.717) is 5.22 Å². The van der Waals surface area contributed by atoms with Crippen LogP contribution in [0.2, 0.25) is 5.22 Å². The zero-order chi connectivity index (χ0) is 11.3. The van der Waals surface area contributed by atoms with E-state index in [9.17, 15) is 0 Å². The van der Waals surface area contributed by atoms with Crippen LogP contribution in [0.3, 0.4) is 0 Å². The Bertz CT molecular complexity index is 286. The molecule has 0 amide bonds. The largest absolute Gasteiger partial charge is 0.448 e. The van der Waals surface area contributed by atoms with Crippen LogP contribution < -0.4 is 11.3 Å². The van der Waals surface area contributed by atoms with E-state index in [1.165, 1.54) is 6.42 Å². The first kappa shape index (κ1) is 12.6. The van der Waals surface area contributed by atoms with E-state index in [-0.39, 0.29) is 6.04 Å². The Balaban J connectivity index is 2.42. The molecule has 1 unspecified atom stereocenters. The SMILES string of the molecule is CC(C)CCCC(NN)c1ccc(Cl)o1. The van der Waals surface area contributed by atoms with E-state index in [4.69, 9.17) is 21.9 Å². The molecule has 0 spiro atoms. The first-order valence-corrected chi connectivity index (χ1v) is 5.72. The molecule has 0 aliphatic rings. The lowest BCUT2D eigenvalue weighted by Gasteiger charge is -2.13. The zero-order valence-corrected chi connectivity index (χ0v) is 10.1. The molecule has 1 heterocycles. The molecule has 4 heteroatoms. The lowest BCUT2D eigenvalue weighted by molar-refractivity contribution is 0.382. The van der Waals surface area contributed by atoms with Gasteiger partial charge in [0.05, 0.1) is 6.04 Å². The number of halogens is 1. The molecule has 3 nitrogen and oxygen atoms in total. The fraction of sp³-hybridized carbons (Fsp3) is 0.636. The summed E-state index contributed by atoms with van der Waals surface area (Å²) in [5.74, 6) is 7.01. The summed E-state index contributed by atoms with van der Waals surface area (Å²) in [4.78, 5) is 0. The van der Waals surface area contributed by atoms with Crippen molar-refractivity contribution in [2.75, 3.05) is 0 Å². The first-order valence-electron chi connectivity index (χ1n) is 5.35. The van der Waals surface area contributed by atoms with Gasteiger partial charge in [0.2, 0.25) is 0 Å². The summed E-state index contributed by atoms with van der Waals surface area (Å²) < 4.78 is 5.32. The maximum Gasteiger partial charge on any atom is 0.193 e. The minimum atomic E-state index is 0.0660. The van der Waals surface area contributed by atoms with Gasteiger partial charge in [-0.1, -0.05) is 26.7 Å². The van der Waals surface area contributed by atoms with Crippen molar-refractivity contribution in [2.24, 2.45) is 11.8 Å². The summed E-state index contributed by atoms with van der Waals surface area (Å²) >= 11 is 5.71. The highest BCUT2D eigenvalue weighted by Crippen LogP contribution is 2.24. The maximum atomic E-state index is 5.71. The smallest absolute Gasteiger partial charge is 0.193 e. The molecule has 1 aromatic rings. The van der Waals surface area contributed by atoms with E-state index in [1.807, 2.05) is 6.07 Å². The number of furan rings is 1. The van der Waals surface area contributed by atoms with Crippen molar-refractivity contribution in [1.82, 2.24) is 5.43 Å². The maximum absolute atomic E-state index is 5.71. The molecule has 86 valence electrons. The van der Waals surface area contributed by atoms with Crippen molar-refractivity contribution >= 4 is 11.6 Å². The highest BCUT2D eigenvalue weighted by molar-refractivity contribution is 6.28. The minimum absolute atomic E-state index is 0.0660. The van der Waals surface area contributed by atoms with Crippen molar-refractivity contribution in [2.45, 2.75) is 39.2 Å². The Morgan fingerprint density at radius 2 is 2.13 bits per heavy atom. The van der Waals surface area contributed by atoms with Crippen LogP contribution in [0, 0.1) is 5.92 Å². The summed E-state index contributed by atoms with van der Waals surface area (Å²) in [5.41, 5.74) is 2.75. The lowest BCUT2D eigenvalue weighted by atomic mass is 10.0. The second kappa shape index (κ2) is 6.16. The molecular formula is C11H19ClN2O. The Kier molecular flexibility index (Phi) is 5.15. The van der Waals surface area contributed by atoms with Gasteiger partial charge in [-0.15, -0.1) is 0 Å². The summed E-state index contributed by atoms with van der Waals surface area (Å²) in [6.45, 7) is 4.43. The third kappa shape index (κ3) is 4.24. The number of rotatable bonds is 6. The highest BCUT2D eigenvalue weighted by atomic mass is 35.5. The summed E-state index contributed by atoms with van der Waals surface area (Å²) in [6.07, 6.45) is 3.30. The highest BCUT2D eigenvalue weighted by Gasteiger charge is 2.13. The Morgan fingerprint density at radius 1 is 1.40 bits per heavy atom. The van der Waals surface area contributed by atoms with E-state index < -0.39 is 0 Å². The van der Waals surface area contributed by atoms with Gasteiger partial charge in [-0.05, 0) is 36.1 Å². The van der Waals surface area contributed by atoms with Gasteiger partial charge in [0, 0.05) is 0 Å². The first-order chi connectivity index (χ1) is 7.13. The molecule has 15 heavy (non-hydrogen) atoms. The Hall–Kier alpha value is -0.510. The molecule has 1 aromatic heterocycles. The molecule has 0 aliphatic carbocycles. The van der Waals surface area contributed by atoms with Crippen molar-refractivity contribution in [3.63, 3.8) is 0 Å². The summed E-state index contributed by atoms with van der Waals surface area (Å²) in [5, 5.41) is 0.411. The summed E-state index contributed by atoms with van der Waals surface area (Å²) in [6, 6.07) is 3.67. The Morgan fingerprint density at radius 3 is 2.60 bits per heavy atom. The molecule has 0 radical (unpaired) electrons. The van der Waals surface area contributed by atoms with Crippen LogP contribution in [0.15, 0.2) is 16.5 Å². The molecule has 1 rings (SSSR count). The molecular weight excluding hydrogens is 212 g/mol. The van der Waals surface area contributed by atoms with Crippen LogP contribution in [0.25, 0.3) is 0 Å². The van der Waals surface area contributed by atoms with E-state index in [1.54, 1.807) is 6.07 Å². The van der Waals surface area contributed by atoms with Gasteiger partial charge < -0.3 is 4.42 Å². The number of hydrogen-bond donors (Lipinski definition) is 2. The van der Waals surface area contributed by atoms with Gasteiger partial charge in [-0.3, -0.25) is 5.84 Å². The molecule has 1 atom stereocenters. The number of nitrogens with two attached hydrogens (primary N) is 1. The van der Waals surface area contributed by atoms with Gasteiger partial charge in [0.1, 0.15) is 5.76 Å². The standard InChI is InChI=1S/C11H19ClN2O/c1-8(2)4-3-5-9(14-13)10-6-7-11(12)15-10/h6-9,14H,3-5,13H2,1-2H3. The summed E-state index contributed by atoms with van der Waals surface area (Å²) in [7, 11) is 0. The molecule has 0 aliphatic heterocycles. The number of hydrogen-bond acceptors (Lipinski definition) is 3. The van der Waals surface area contributed by atoms with E-state index >= 15 is 0 Å². The van der Waals surface area contributed by atoms with Crippen molar-refractivity contribution in [3.05, 3.63) is 23.1 Å². The van der Waals surface area contributed by atoms with Crippen molar-refractivity contribution < 1.29 is 4.42 Å². The predicted octanol–water partition coefficient (Wildman–Crippen LogP) is 3.26. The zero-order valence-electron chi connectivity index (χ0n) is 9.29. The second-order valence-corrected chi connectivity index (χ2v) is 4.56. The molecule has 0 fully saturated rings. The van der Waals surface area contributed by atoms with Crippen LogP contribution in [0.5, 0.6) is 0 Å². The number of hydrazine groups is 1. The van der Waals surface area contributed by atoms with Crippen LogP contribution >= 0.6 is 11.6 Å². The lowest BCUT2D eigenvalue weighted by Crippen LogP contribution is -2.27. The quantitative estimate of drug-likeness (QED) is 0.583. The van der Waals surface area contributed by atoms with Crippen LogP contribution in [-0.2, 0) is 0 Å². The van der Waals surface area contributed by atoms with E-state index in [2.05, 4.69) is 19.3 Å². The normalized spacial score (nSPS) is 13.4. The van der Waals surface area contributed by atoms with Crippen molar-refractivity contribution in [3.8, 4) is 0 Å². The fourth-order valence-corrected chi connectivity index (χ4v) is 1.71. The van der Waals surface area contributed by atoms with Crippen LogP contribution in [0.1, 0.15) is 44.9 Å². The van der Waals surface area contributed by atoms with Gasteiger partial charge >= 0.3 is 0 Å². The van der Waals surface area contributed by atoms with Gasteiger partial charge in [-0.2, -0.15) is 0 Å². The molecule has 0 saturated heterocycles. The van der Waals surface area contributed by atoms with Crippen molar-refractivity contribution in [1.29, 1.82) is 0 Å². The molecule has 0 aromatic carbocycles. The van der Waals surface area contributed by atoms with Crippen LogP contribution in [0.4, 0.5) is 0 Å². The van der Waals surface area contributed by atoms with Gasteiger partial charge in [0.25, 0.3) is 0 Å². The van der Waals surface area contributed by atoms with Gasteiger partial charge in [0.15, 0.2) is 5.22 Å². The minimum Gasteiger partial charge on any atom is -0.448 e. The fourth-order valence-electron chi connectivity index (χ4n) is 1.55. The molecule has 0 bridgehead atoms. The molecule has 0 saturated carbocycles. The topological polar surface area (TPSA) is 51.2 Å². The van der Waals surface area contributed by atoms with Crippen LogP contribution in [-0.4, -0.2) is 0 Å². The number of nitrogens with one attached hydrogen (secondary N) is 1. The second-order valence-electron chi connectivity index (χ2n) is 4.19.